The van der Waals surface area contributed by atoms with Crippen molar-refractivity contribution in [2.24, 2.45) is 11.8 Å². The third kappa shape index (κ3) is 11.4. The van der Waals surface area contributed by atoms with Crippen molar-refractivity contribution in [3.8, 4) is 0 Å². The van der Waals surface area contributed by atoms with Gasteiger partial charge >= 0.3 is 11.9 Å². The predicted molar refractivity (Wildman–Crippen MR) is 179 cm³/mol. The molecule has 3 rings (SSSR count). The number of thiazole rings is 1. The van der Waals surface area contributed by atoms with Crippen LogP contribution >= 0.6 is 11.3 Å². The van der Waals surface area contributed by atoms with Crippen LogP contribution in [0.15, 0.2) is 35.7 Å². The van der Waals surface area contributed by atoms with Gasteiger partial charge < -0.3 is 25.4 Å². The molecule has 1 aliphatic rings. The predicted octanol–water partition coefficient (Wildman–Crippen LogP) is 3.67. The van der Waals surface area contributed by atoms with Crippen molar-refractivity contribution in [3.63, 3.8) is 0 Å². The van der Waals surface area contributed by atoms with E-state index in [9.17, 15) is 29.1 Å². The molecule has 12 nitrogen and oxygen atoms in total. The van der Waals surface area contributed by atoms with Crippen molar-refractivity contribution in [1.29, 1.82) is 0 Å². The van der Waals surface area contributed by atoms with Crippen LogP contribution in [0.4, 0.5) is 0 Å². The minimum atomic E-state index is -0.945. The van der Waals surface area contributed by atoms with Gasteiger partial charge in [-0.1, -0.05) is 57.5 Å². The number of carboxylic acids is 1. The number of benzene rings is 1. The van der Waals surface area contributed by atoms with E-state index in [0.717, 1.165) is 31.4 Å². The maximum atomic E-state index is 13.3. The molecule has 3 amide bonds. The highest BCUT2D eigenvalue weighted by Gasteiger charge is 2.32. The Morgan fingerprint density at radius 3 is 2.43 bits per heavy atom. The summed E-state index contributed by atoms with van der Waals surface area (Å²) in [6.07, 6.45) is 2.88. The van der Waals surface area contributed by atoms with Gasteiger partial charge in [0.1, 0.15) is 10.7 Å². The lowest BCUT2D eigenvalue weighted by molar-refractivity contribution is -0.148. The number of aromatic nitrogens is 1. The van der Waals surface area contributed by atoms with Crippen LogP contribution in [0.3, 0.4) is 0 Å². The Morgan fingerprint density at radius 1 is 1.11 bits per heavy atom. The summed E-state index contributed by atoms with van der Waals surface area (Å²) in [5.74, 6) is -3.05. The highest BCUT2D eigenvalue weighted by atomic mass is 32.1. The number of hydrogen-bond donors (Lipinski definition) is 3. The first-order valence-corrected chi connectivity index (χ1v) is 17.1. The fraction of sp³-hybridized carbons (Fsp3) is 0.588. The van der Waals surface area contributed by atoms with Crippen LogP contribution in [0.2, 0.25) is 0 Å². The van der Waals surface area contributed by atoms with Gasteiger partial charge in [0.05, 0.1) is 18.5 Å². The Bertz CT molecular complexity index is 1370. The molecule has 0 bridgehead atoms. The summed E-state index contributed by atoms with van der Waals surface area (Å²) < 4.78 is 5.67. The molecule has 47 heavy (non-hydrogen) atoms. The lowest BCUT2D eigenvalue weighted by Gasteiger charge is -2.34. The highest BCUT2D eigenvalue weighted by Crippen LogP contribution is 2.30. The van der Waals surface area contributed by atoms with Crippen LogP contribution in [0.25, 0.3) is 0 Å². The molecule has 1 saturated heterocycles. The SMILES string of the molecule is CC(=O)OC(CC(C(C)C)N(C)C(=O)CNC(=O)[C@H]1CCCCN1C)c1nc(C(=O)NC(Cc2ccccc2)CC(C)C(=O)O)cs1. The molecular formula is C34H49N5O7S. The molecule has 0 spiro atoms. The number of nitrogens with zero attached hydrogens (tertiary/aromatic N) is 3. The number of likely N-dealkylation sites (N-methyl/N-ethyl adjacent to an activating group) is 2. The number of hydrogen-bond acceptors (Lipinski definition) is 9. The summed E-state index contributed by atoms with van der Waals surface area (Å²) in [5, 5.41) is 17.2. The molecule has 0 saturated carbocycles. The molecule has 2 heterocycles. The van der Waals surface area contributed by atoms with Gasteiger partial charge in [0.25, 0.3) is 5.91 Å². The number of carbonyl (C=O) groups is 5. The summed E-state index contributed by atoms with van der Waals surface area (Å²) >= 11 is 1.17. The molecule has 0 aliphatic carbocycles. The first-order valence-electron chi connectivity index (χ1n) is 16.2. The number of nitrogens with one attached hydrogen (secondary N) is 2. The molecule has 4 unspecified atom stereocenters. The number of carboxylic acid groups (broad SMARTS) is 1. The van der Waals surface area contributed by atoms with E-state index in [-0.39, 0.29) is 54.9 Å². The monoisotopic (exact) mass is 671 g/mol. The summed E-state index contributed by atoms with van der Waals surface area (Å²) in [5.41, 5.74) is 1.09. The van der Waals surface area contributed by atoms with Crippen LogP contribution in [-0.4, -0.2) is 94.9 Å². The van der Waals surface area contributed by atoms with Gasteiger partial charge in [-0.15, -0.1) is 11.3 Å². The summed E-state index contributed by atoms with van der Waals surface area (Å²) in [6, 6.07) is 8.44. The Balaban J connectivity index is 1.71. The Kier molecular flexibility index (Phi) is 14.3. The number of rotatable bonds is 16. The molecule has 1 aromatic carbocycles. The first-order chi connectivity index (χ1) is 22.3. The average Bonchev–Trinajstić information content (AvgIpc) is 3.52. The van der Waals surface area contributed by atoms with E-state index in [4.69, 9.17) is 4.74 Å². The number of piperidine rings is 1. The van der Waals surface area contributed by atoms with Gasteiger partial charge in [-0.3, -0.25) is 28.9 Å². The number of amides is 3. The lowest BCUT2D eigenvalue weighted by Crippen LogP contribution is -2.51. The average molecular weight is 672 g/mol. The molecule has 13 heteroatoms. The summed E-state index contributed by atoms with van der Waals surface area (Å²) in [7, 11) is 3.58. The Morgan fingerprint density at radius 2 is 1.81 bits per heavy atom. The van der Waals surface area contributed by atoms with E-state index in [1.807, 2.05) is 56.1 Å². The minimum absolute atomic E-state index is 0.0279. The van der Waals surface area contributed by atoms with E-state index in [0.29, 0.717) is 11.4 Å². The maximum Gasteiger partial charge on any atom is 0.306 e. The second kappa shape index (κ2) is 17.9. The zero-order chi connectivity index (χ0) is 34.7. The van der Waals surface area contributed by atoms with Gasteiger partial charge in [-0.25, -0.2) is 4.98 Å². The van der Waals surface area contributed by atoms with E-state index in [1.54, 1.807) is 24.3 Å². The second-order valence-corrected chi connectivity index (χ2v) is 13.7. The first kappa shape index (κ1) is 37.6. The van der Waals surface area contributed by atoms with Gasteiger partial charge in [-0.2, -0.15) is 0 Å². The Labute approximate surface area is 281 Å². The van der Waals surface area contributed by atoms with Crippen LogP contribution in [0, 0.1) is 11.8 Å². The molecule has 1 aromatic heterocycles. The van der Waals surface area contributed by atoms with Gasteiger partial charge in [0.2, 0.25) is 11.8 Å². The standard InChI is InChI=1S/C34H49N5O7S/c1-21(2)28(39(6)30(41)19-35-32(43)27-14-10-11-15-38(27)5)18-29(46-23(4)40)33-37-26(20-47-33)31(42)36-25(16-22(3)34(44)45)17-24-12-8-7-9-13-24/h7-9,12-13,20-22,25,27-29H,10-11,14-19H2,1-6H3,(H,35,43)(H,36,42)(H,44,45)/t22?,25?,27-,28?,29?/m1/s1. The van der Waals surface area contributed by atoms with Crippen LogP contribution in [0.5, 0.6) is 0 Å². The molecule has 1 fully saturated rings. The van der Waals surface area contributed by atoms with E-state index < -0.39 is 35.9 Å². The Hall–Kier alpha value is -3.84. The van der Waals surface area contributed by atoms with E-state index in [1.165, 1.54) is 18.3 Å². The number of carbonyl (C=O) groups excluding carboxylic acids is 4. The van der Waals surface area contributed by atoms with Crippen molar-refractivity contribution in [3.05, 3.63) is 52.0 Å². The van der Waals surface area contributed by atoms with Crippen molar-refractivity contribution in [2.45, 2.75) is 90.4 Å². The number of likely N-dealkylation sites (tertiary alicyclic amines) is 1. The smallest absolute Gasteiger partial charge is 0.306 e. The maximum absolute atomic E-state index is 13.3. The zero-order valence-corrected chi connectivity index (χ0v) is 29.0. The van der Waals surface area contributed by atoms with Crippen LogP contribution in [-0.2, 0) is 30.3 Å². The number of esters is 1. The summed E-state index contributed by atoms with van der Waals surface area (Å²) in [4.78, 5) is 71.2. The lowest BCUT2D eigenvalue weighted by atomic mass is 9.96. The minimum Gasteiger partial charge on any atom is -0.481 e. The van der Waals surface area contributed by atoms with Gasteiger partial charge in [-0.05, 0) is 50.8 Å². The van der Waals surface area contributed by atoms with Crippen molar-refractivity contribution >= 4 is 41.0 Å². The topological polar surface area (TPSA) is 158 Å². The molecule has 3 N–H and O–H groups in total. The zero-order valence-electron chi connectivity index (χ0n) is 28.2. The number of ether oxygens (including phenoxy) is 1. The van der Waals surface area contributed by atoms with E-state index in [2.05, 4.69) is 15.6 Å². The van der Waals surface area contributed by atoms with Gasteiger partial charge in [0.15, 0.2) is 6.10 Å². The third-order valence-corrected chi connectivity index (χ3v) is 9.60. The fourth-order valence-electron chi connectivity index (χ4n) is 5.91. The largest absolute Gasteiger partial charge is 0.481 e. The van der Waals surface area contributed by atoms with Crippen LogP contribution < -0.4 is 10.6 Å². The molecule has 2 aromatic rings. The molecule has 5 atom stereocenters. The molecule has 258 valence electrons. The fourth-order valence-corrected chi connectivity index (χ4v) is 6.75. The van der Waals surface area contributed by atoms with Gasteiger partial charge in [0, 0.05) is 37.9 Å². The van der Waals surface area contributed by atoms with Crippen LogP contribution in [0.1, 0.15) is 87.0 Å². The quantitative estimate of drug-likeness (QED) is 0.227. The normalized spacial score (nSPS) is 17.6. The third-order valence-electron chi connectivity index (χ3n) is 8.66. The number of aliphatic carboxylic acids is 1. The molecule has 1 aliphatic heterocycles. The summed E-state index contributed by atoms with van der Waals surface area (Å²) in [6.45, 7) is 7.52. The molecular weight excluding hydrogens is 622 g/mol. The second-order valence-electron chi connectivity index (χ2n) is 12.8. The van der Waals surface area contributed by atoms with Crippen molar-refractivity contribution in [1.82, 2.24) is 25.4 Å². The van der Waals surface area contributed by atoms with E-state index >= 15 is 0 Å². The molecule has 0 radical (unpaired) electrons. The van der Waals surface area contributed by atoms with Crippen molar-refractivity contribution < 1.29 is 33.8 Å². The highest BCUT2D eigenvalue weighted by molar-refractivity contribution is 7.09. The van der Waals surface area contributed by atoms with Crippen molar-refractivity contribution in [2.75, 3.05) is 27.2 Å².